The molecule has 0 amide bonds. The molecule has 5 heteroatoms. The highest BCUT2D eigenvalue weighted by molar-refractivity contribution is 6.15. The Morgan fingerprint density at radius 2 is 1.06 bits per heavy atom. The molecule has 0 N–H and O–H groups in total. The predicted octanol–water partition coefficient (Wildman–Crippen LogP) is 13.0. The van der Waals surface area contributed by atoms with Gasteiger partial charge < -0.3 is 8.83 Å². The fourth-order valence-corrected chi connectivity index (χ4v) is 8.04. The zero-order valence-corrected chi connectivity index (χ0v) is 29.2. The Morgan fingerprint density at radius 3 is 1.94 bits per heavy atom. The largest absolute Gasteiger partial charge is 0.456 e. The second-order valence-electron chi connectivity index (χ2n) is 13.8. The van der Waals surface area contributed by atoms with Crippen molar-refractivity contribution in [2.75, 3.05) is 0 Å². The number of fused-ring (bicyclic) bond motifs is 7. The van der Waals surface area contributed by atoms with Crippen LogP contribution in [-0.2, 0) is 6.42 Å². The lowest BCUT2D eigenvalue weighted by molar-refractivity contribution is 0.669. The van der Waals surface area contributed by atoms with E-state index in [1.54, 1.807) is 0 Å². The Balaban J connectivity index is 1.10. The summed E-state index contributed by atoms with van der Waals surface area (Å²) >= 11 is 0. The van der Waals surface area contributed by atoms with Crippen molar-refractivity contribution in [2.24, 2.45) is 0 Å². The molecule has 5 nitrogen and oxygen atoms in total. The SMILES string of the molecule is C1=Cc2cc(-c3nc(-c4cccc(-c5cccc6oc7c(-c8ccccc8)cccc7c56)c4)nc(-c4cccc5oc6ccccc6c45)n3)ccc2CC1. The fraction of sp³-hybridized carbons (Fsp3) is 0.0408. The molecule has 10 aromatic rings. The quantitative estimate of drug-likeness (QED) is 0.179. The van der Waals surface area contributed by atoms with Crippen molar-refractivity contribution in [1.29, 1.82) is 0 Å². The lowest BCUT2D eigenvalue weighted by atomic mass is 9.95. The van der Waals surface area contributed by atoms with E-state index in [-0.39, 0.29) is 0 Å². The highest BCUT2D eigenvalue weighted by Crippen LogP contribution is 2.42. The summed E-state index contributed by atoms with van der Waals surface area (Å²) in [4.78, 5) is 15.5. The van der Waals surface area contributed by atoms with Gasteiger partial charge in [0.05, 0.1) is 0 Å². The molecule has 1 aliphatic carbocycles. The van der Waals surface area contributed by atoms with Crippen molar-refractivity contribution >= 4 is 50.0 Å². The van der Waals surface area contributed by atoms with Crippen molar-refractivity contribution in [3.63, 3.8) is 0 Å². The van der Waals surface area contributed by atoms with Crippen LogP contribution in [0.2, 0.25) is 0 Å². The lowest BCUT2D eigenvalue weighted by Crippen LogP contribution is -2.01. The molecular formula is C49H31N3O2. The monoisotopic (exact) mass is 693 g/mol. The second kappa shape index (κ2) is 12.2. The zero-order chi connectivity index (χ0) is 35.6. The molecule has 254 valence electrons. The molecule has 0 radical (unpaired) electrons. The lowest BCUT2D eigenvalue weighted by Gasteiger charge is -2.13. The standard InChI is InChI=1S/C49H31N3O2/c1-2-13-31(14-3-1)37-20-9-21-39-44-36(19-10-25-43(44)54-46(37)39)33-16-8-17-34(29-33)47-50-48(35-27-26-30-12-4-5-15-32(30)28-35)52-49(51-47)40-22-11-24-42-45(40)38-18-6-7-23-41(38)53-42/h1-3,5-11,13-29H,4,12H2. The second-order valence-corrected chi connectivity index (χ2v) is 13.8. The van der Waals surface area contributed by atoms with Crippen molar-refractivity contribution in [3.8, 4) is 56.4 Å². The smallest absolute Gasteiger partial charge is 0.164 e. The number of benzene rings is 7. The maximum Gasteiger partial charge on any atom is 0.164 e. The van der Waals surface area contributed by atoms with Gasteiger partial charge in [0.25, 0.3) is 0 Å². The van der Waals surface area contributed by atoms with Gasteiger partial charge in [-0.1, -0.05) is 133 Å². The minimum Gasteiger partial charge on any atom is -0.456 e. The third-order valence-corrected chi connectivity index (χ3v) is 10.6. The molecule has 0 bridgehead atoms. The summed E-state index contributed by atoms with van der Waals surface area (Å²) in [5.41, 5.74) is 13.0. The van der Waals surface area contributed by atoms with Crippen molar-refractivity contribution in [2.45, 2.75) is 12.8 Å². The average Bonchev–Trinajstić information content (AvgIpc) is 3.83. The normalized spacial score (nSPS) is 12.6. The van der Waals surface area contributed by atoms with Gasteiger partial charge in [-0.3, -0.25) is 0 Å². The predicted molar refractivity (Wildman–Crippen MR) is 219 cm³/mol. The van der Waals surface area contributed by atoms with Gasteiger partial charge in [0, 0.05) is 43.8 Å². The molecule has 3 heterocycles. The highest BCUT2D eigenvalue weighted by atomic mass is 16.3. The molecule has 3 aromatic heterocycles. The number of allylic oxidation sites excluding steroid dienone is 1. The molecule has 1 aliphatic rings. The number of hydrogen-bond acceptors (Lipinski definition) is 5. The van der Waals surface area contributed by atoms with Crippen LogP contribution in [0.15, 0.2) is 167 Å². The molecule has 0 atom stereocenters. The van der Waals surface area contributed by atoms with Crippen LogP contribution in [-0.4, -0.2) is 15.0 Å². The van der Waals surface area contributed by atoms with Crippen LogP contribution in [0, 0.1) is 0 Å². The molecule has 7 aromatic carbocycles. The van der Waals surface area contributed by atoms with E-state index in [0.717, 1.165) is 95.7 Å². The van der Waals surface area contributed by atoms with Gasteiger partial charge in [0.1, 0.15) is 22.3 Å². The molecule has 0 spiro atoms. The van der Waals surface area contributed by atoms with Crippen LogP contribution in [0.4, 0.5) is 0 Å². The molecule has 11 rings (SSSR count). The molecule has 0 fully saturated rings. The van der Waals surface area contributed by atoms with Crippen molar-refractivity contribution < 1.29 is 8.83 Å². The van der Waals surface area contributed by atoms with E-state index in [2.05, 4.69) is 127 Å². The first-order valence-corrected chi connectivity index (χ1v) is 18.3. The minimum absolute atomic E-state index is 0.599. The van der Waals surface area contributed by atoms with Gasteiger partial charge >= 0.3 is 0 Å². The van der Waals surface area contributed by atoms with E-state index in [0.29, 0.717) is 17.5 Å². The van der Waals surface area contributed by atoms with E-state index in [1.165, 1.54) is 11.1 Å². The van der Waals surface area contributed by atoms with Gasteiger partial charge in [-0.25, -0.2) is 15.0 Å². The summed E-state index contributed by atoms with van der Waals surface area (Å²) in [7, 11) is 0. The van der Waals surface area contributed by atoms with E-state index < -0.39 is 0 Å². The van der Waals surface area contributed by atoms with Crippen molar-refractivity contribution in [3.05, 3.63) is 169 Å². The van der Waals surface area contributed by atoms with Crippen LogP contribution >= 0.6 is 0 Å². The van der Waals surface area contributed by atoms with Gasteiger partial charge in [0.15, 0.2) is 17.5 Å². The van der Waals surface area contributed by atoms with Gasteiger partial charge in [-0.15, -0.1) is 0 Å². The van der Waals surface area contributed by atoms with E-state index >= 15 is 0 Å². The Kier molecular flexibility index (Phi) is 6.92. The van der Waals surface area contributed by atoms with Crippen LogP contribution in [0.5, 0.6) is 0 Å². The molecule has 54 heavy (non-hydrogen) atoms. The Bertz CT molecular complexity index is 3120. The summed E-state index contributed by atoms with van der Waals surface area (Å²) in [5.74, 6) is 1.83. The number of furan rings is 2. The molecular weight excluding hydrogens is 663 g/mol. The Labute approximate surface area is 310 Å². The van der Waals surface area contributed by atoms with Crippen LogP contribution < -0.4 is 0 Å². The maximum absolute atomic E-state index is 6.60. The summed E-state index contributed by atoms with van der Waals surface area (Å²) in [6, 6.07) is 52.3. The third kappa shape index (κ3) is 4.97. The van der Waals surface area contributed by atoms with Crippen LogP contribution in [0.3, 0.4) is 0 Å². The topological polar surface area (TPSA) is 65.0 Å². The van der Waals surface area contributed by atoms with Gasteiger partial charge in [0.2, 0.25) is 0 Å². The number of rotatable bonds is 5. The summed E-state index contributed by atoms with van der Waals surface area (Å²) in [6.07, 6.45) is 6.53. The molecule has 0 unspecified atom stereocenters. The zero-order valence-electron chi connectivity index (χ0n) is 29.2. The maximum atomic E-state index is 6.60. The first kappa shape index (κ1) is 30.5. The molecule has 0 aliphatic heterocycles. The minimum atomic E-state index is 0.599. The highest BCUT2D eigenvalue weighted by Gasteiger charge is 2.20. The molecule has 0 saturated heterocycles. The number of nitrogens with zero attached hydrogens (tertiary/aromatic N) is 3. The molecule has 0 saturated carbocycles. The van der Waals surface area contributed by atoms with Gasteiger partial charge in [-0.2, -0.15) is 0 Å². The number of aryl methyl sites for hydroxylation is 1. The van der Waals surface area contributed by atoms with Crippen LogP contribution in [0.25, 0.3) is 106 Å². The summed E-state index contributed by atoms with van der Waals surface area (Å²) in [5, 5.41) is 4.19. The number of hydrogen-bond donors (Lipinski definition) is 0. The fourth-order valence-electron chi connectivity index (χ4n) is 8.04. The first-order chi connectivity index (χ1) is 26.7. The number of para-hydroxylation sites is 2. The third-order valence-electron chi connectivity index (χ3n) is 10.6. The van der Waals surface area contributed by atoms with E-state index in [9.17, 15) is 0 Å². The summed E-state index contributed by atoms with van der Waals surface area (Å²) < 4.78 is 12.9. The van der Waals surface area contributed by atoms with E-state index in [1.807, 2.05) is 36.4 Å². The van der Waals surface area contributed by atoms with E-state index in [4.69, 9.17) is 23.8 Å². The van der Waals surface area contributed by atoms with Crippen molar-refractivity contribution in [1.82, 2.24) is 15.0 Å². The van der Waals surface area contributed by atoms with Gasteiger partial charge in [-0.05, 0) is 71.0 Å². The Morgan fingerprint density at radius 1 is 0.426 bits per heavy atom. The average molecular weight is 694 g/mol. The Hall–Kier alpha value is -7.11. The number of aromatic nitrogens is 3. The summed E-state index contributed by atoms with van der Waals surface area (Å²) in [6.45, 7) is 0. The van der Waals surface area contributed by atoms with Crippen LogP contribution in [0.1, 0.15) is 17.5 Å². The first-order valence-electron chi connectivity index (χ1n) is 18.3.